The molecule has 1 aromatic heterocycles. The van der Waals surface area contributed by atoms with Gasteiger partial charge >= 0.3 is 0 Å². The van der Waals surface area contributed by atoms with Gasteiger partial charge < -0.3 is 4.98 Å². The first-order valence-corrected chi connectivity index (χ1v) is 10.7. The zero-order valence-electron chi connectivity index (χ0n) is 16.9. The van der Waals surface area contributed by atoms with Gasteiger partial charge in [0.05, 0.1) is 5.52 Å². The van der Waals surface area contributed by atoms with Crippen LogP contribution in [-0.4, -0.2) is 4.98 Å². The van der Waals surface area contributed by atoms with Gasteiger partial charge in [0.15, 0.2) is 0 Å². The van der Waals surface area contributed by atoms with Crippen LogP contribution >= 0.6 is 0 Å². The van der Waals surface area contributed by atoms with Gasteiger partial charge in [-0.15, -0.1) is 0 Å². The molecule has 1 N–H and O–H groups in total. The third kappa shape index (κ3) is 2.38. The molecule has 0 bridgehead atoms. The minimum absolute atomic E-state index is 1.18. The van der Waals surface area contributed by atoms with Crippen LogP contribution in [0.25, 0.3) is 65.3 Å². The predicted molar refractivity (Wildman–Crippen MR) is 134 cm³/mol. The minimum Gasteiger partial charge on any atom is -0.354 e. The van der Waals surface area contributed by atoms with E-state index in [1.807, 2.05) is 0 Å². The van der Waals surface area contributed by atoms with E-state index in [0.29, 0.717) is 0 Å². The van der Waals surface area contributed by atoms with Crippen LogP contribution in [0.1, 0.15) is 0 Å². The van der Waals surface area contributed by atoms with E-state index in [2.05, 4.69) is 114 Å². The Bertz CT molecular complexity index is 1790. The summed E-state index contributed by atoms with van der Waals surface area (Å²) in [4.78, 5) is 3.69. The van der Waals surface area contributed by atoms with Gasteiger partial charge in [-0.2, -0.15) is 0 Å². The summed E-state index contributed by atoms with van der Waals surface area (Å²) in [5, 5.41) is 10.3. The molecule has 0 unspecified atom stereocenters. The second kappa shape index (κ2) is 6.20. The van der Waals surface area contributed by atoms with Gasteiger partial charge in [0, 0.05) is 21.9 Å². The van der Waals surface area contributed by atoms with E-state index in [4.69, 9.17) is 0 Å². The van der Waals surface area contributed by atoms with Crippen LogP contribution in [0.5, 0.6) is 0 Å². The van der Waals surface area contributed by atoms with Crippen LogP contribution in [0, 0.1) is 0 Å². The van der Waals surface area contributed by atoms with E-state index in [1.54, 1.807) is 0 Å². The van der Waals surface area contributed by atoms with Crippen molar-refractivity contribution < 1.29 is 0 Å². The Morgan fingerprint density at radius 3 is 2.03 bits per heavy atom. The van der Waals surface area contributed by atoms with Gasteiger partial charge in [-0.3, -0.25) is 0 Å². The Labute approximate surface area is 179 Å². The van der Waals surface area contributed by atoms with Gasteiger partial charge in [-0.1, -0.05) is 91.0 Å². The Morgan fingerprint density at radius 1 is 0.419 bits per heavy atom. The molecule has 1 nitrogen and oxygen atoms in total. The fourth-order valence-corrected chi connectivity index (χ4v) is 5.12. The van der Waals surface area contributed by atoms with Gasteiger partial charge in [-0.25, -0.2) is 0 Å². The third-order valence-corrected chi connectivity index (χ3v) is 6.56. The smallest absolute Gasteiger partial charge is 0.0544 e. The van der Waals surface area contributed by atoms with Crippen molar-refractivity contribution in [2.45, 2.75) is 0 Å². The number of H-pyrrole nitrogens is 1. The Morgan fingerprint density at radius 2 is 1.10 bits per heavy atom. The van der Waals surface area contributed by atoms with Crippen LogP contribution in [0.2, 0.25) is 0 Å². The van der Waals surface area contributed by atoms with E-state index >= 15 is 0 Å². The molecule has 0 saturated heterocycles. The molecule has 0 saturated carbocycles. The molecular weight excluding hydrogens is 374 g/mol. The van der Waals surface area contributed by atoms with Gasteiger partial charge in [-0.05, 0) is 56.1 Å². The Hall–Kier alpha value is -4.10. The highest BCUT2D eigenvalue weighted by Crippen LogP contribution is 2.39. The highest BCUT2D eigenvalue weighted by atomic mass is 14.7. The summed E-state index contributed by atoms with van der Waals surface area (Å²) in [6.07, 6.45) is 0. The summed E-state index contributed by atoms with van der Waals surface area (Å²) >= 11 is 0. The van der Waals surface area contributed by atoms with E-state index in [1.165, 1.54) is 65.3 Å². The maximum Gasteiger partial charge on any atom is 0.0544 e. The summed E-state index contributed by atoms with van der Waals surface area (Å²) in [5.74, 6) is 0. The molecule has 31 heavy (non-hydrogen) atoms. The standard InChI is InChI=1S/C30H19N/c1-2-8-21-18-27-22(17-20(21)7-1)16-15-19-9-5-11-24(29(19)27)26-13-6-12-25-23-10-3-4-14-28(23)31-30(25)26/h1-18,31H. The molecule has 0 aliphatic rings. The molecule has 0 radical (unpaired) electrons. The molecule has 1 heteroatoms. The predicted octanol–water partition coefficient (Wildman–Crippen LogP) is 8.45. The first-order chi connectivity index (χ1) is 15.4. The maximum atomic E-state index is 3.69. The van der Waals surface area contributed by atoms with Crippen molar-refractivity contribution in [2.75, 3.05) is 0 Å². The molecule has 6 aromatic carbocycles. The molecule has 0 fully saturated rings. The SMILES string of the molecule is c1ccc2cc3c(ccc4cccc(-c5cccc6c5[nH]c5ccccc56)c43)cc2c1. The van der Waals surface area contributed by atoms with E-state index in [-0.39, 0.29) is 0 Å². The van der Waals surface area contributed by atoms with Crippen molar-refractivity contribution in [3.05, 3.63) is 109 Å². The van der Waals surface area contributed by atoms with Crippen molar-refractivity contribution in [3.8, 4) is 11.1 Å². The number of benzene rings is 6. The fraction of sp³-hybridized carbons (Fsp3) is 0. The van der Waals surface area contributed by atoms with E-state index in [0.717, 1.165) is 0 Å². The zero-order valence-corrected chi connectivity index (χ0v) is 16.9. The first kappa shape index (κ1) is 16.7. The number of aromatic amines is 1. The fourth-order valence-electron chi connectivity index (χ4n) is 5.12. The number of nitrogens with one attached hydrogen (secondary N) is 1. The number of aromatic nitrogens is 1. The molecule has 0 aliphatic heterocycles. The highest BCUT2D eigenvalue weighted by Gasteiger charge is 2.13. The third-order valence-electron chi connectivity index (χ3n) is 6.56. The van der Waals surface area contributed by atoms with Crippen LogP contribution in [-0.2, 0) is 0 Å². The average molecular weight is 393 g/mol. The summed E-state index contributed by atoms with van der Waals surface area (Å²) in [7, 11) is 0. The van der Waals surface area contributed by atoms with Crippen molar-refractivity contribution in [1.82, 2.24) is 4.98 Å². The van der Waals surface area contributed by atoms with E-state index in [9.17, 15) is 0 Å². The summed E-state index contributed by atoms with van der Waals surface area (Å²) in [6.45, 7) is 0. The van der Waals surface area contributed by atoms with Crippen molar-refractivity contribution in [2.24, 2.45) is 0 Å². The number of fused-ring (bicyclic) bond motifs is 7. The highest BCUT2D eigenvalue weighted by molar-refractivity contribution is 6.20. The summed E-state index contributed by atoms with van der Waals surface area (Å²) in [5.41, 5.74) is 4.91. The average Bonchev–Trinajstić information content (AvgIpc) is 3.21. The molecule has 0 spiro atoms. The number of para-hydroxylation sites is 2. The van der Waals surface area contributed by atoms with Crippen LogP contribution in [0.15, 0.2) is 109 Å². The molecule has 7 rings (SSSR count). The lowest BCUT2D eigenvalue weighted by molar-refractivity contribution is 1.54. The lowest BCUT2D eigenvalue weighted by Gasteiger charge is -2.12. The largest absolute Gasteiger partial charge is 0.354 e. The topological polar surface area (TPSA) is 15.8 Å². The second-order valence-corrected chi connectivity index (χ2v) is 8.29. The number of rotatable bonds is 1. The normalized spacial score (nSPS) is 11.9. The molecular formula is C30H19N. The molecule has 0 amide bonds. The van der Waals surface area contributed by atoms with Crippen LogP contribution in [0.3, 0.4) is 0 Å². The van der Waals surface area contributed by atoms with Crippen molar-refractivity contribution in [3.63, 3.8) is 0 Å². The second-order valence-electron chi connectivity index (χ2n) is 8.29. The molecule has 0 atom stereocenters. The summed E-state index contributed by atoms with van der Waals surface area (Å²) < 4.78 is 0. The Kier molecular flexibility index (Phi) is 3.33. The summed E-state index contributed by atoms with van der Waals surface area (Å²) in [6, 6.07) is 39.6. The quantitative estimate of drug-likeness (QED) is 0.213. The molecule has 0 aliphatic carbocycles. The number of hydrogen-bond donors (Lipinski definition) is 1. The minimum atomic E-state index is 1.18. The molecule has 1 heterocycles. The maximum absolute atomic E-state index is 3.69. The molecule has 7 aromatic rings. The molecule has 144 valence electrons. The van der Waals surface area contributed by atoms with Crippen LogP contribution < -0.4 is 0 Å². The lowest BCUT2D eigenvalue weighted by atomic mass is 9.91. The van der Waals surface area contributed by atoms with Crippen LogP contribution in [0.4, 0.5) is 0 Å². The van der Waals surface area contributed by atoms with Crippen molar-refractivity contribution >= 4 is 54.1 Å². The van der Waals surface area contributed by atoms with E-state index < -0.39 is 0 Å². The Balaban J connectivity index is 1.65. The first-order valence-electron chi connectivity index (χ1n) is 10.7. The van der Waals surface area contributed by atoms with Gasteiger partial charge in [0.2, 0.25) is 0 Å². The van der Waals surface area contributed by atoms with Crippen molar-refractivity contribution in [1.29, 1.82) is 0 Å². The monoisotopic (exact) mass is 393 g/mol. The number of hydrogen-bond acceptors (Lipinski definition) is 0. The van der Waals surface area contributed by atoms with Gasteiger partial charge in [0.25, 0.3) is 0 Å². The van der Waals surface area contributed by atoms with Gasteiger partial charge in [0.1, 0.15) is 0 Å². The zero-order chi connectivity index (χ0) is 20.4. The lowest BCUT2D eigenvalue weighted by Crippen LogP contribution is -1.86.